The standard InChI is InChI=1S/C16H14ClN3O2S2/c17-13-5-3-12(4-6-13)11-24(21,22)16-8-7-15(19-20-16)18-10-14-2-1-9-23-14/h1-9H,10-11H2,(H,18,19). The Labute approximate surface area is 149 Å². The maximum atomic E-state index is 12.4. The molecule has 0 aliphatic carbocycles. The van der Waals surface area contributed by atoms with E-state index in [1.54, 1.807) is 41.7 Å². The Morgan fingerprint density at radius 2 is 1.83 bits per heavy atom. The number of hydrogen-bond acceptors (Lipinski definition) is 6. The predicted molar refractivity (Wildman–Crippen MR) is 96.0 cm³/mol. The molecular formula is C16H14ClN3O2S2. The highest BCUT2D eigenvalue weighted by Gasteiger charge is 2.17. The van der Waals surface area contributed by atoms with E-state index in [-0.39, 0.29) is 10.8 Å². The summed E-state index contributed by atoms with van der Waals surface area (Å²) in [6, 6.07) is 13.8. The molecule has 3 rings (SSSR count). The van der Waals surface area contributed by atoms with Gasteiger partial charge in [-0.25, -0.2) is 8.42 Å². The summed E-state index contributed by atoms with van der Waals surface area (Å²) in [7, 11) is -3.54. The Kier molecular flexibility index (Phi) is 5.13. The molecule has 1 aromatic carbocycles. The number of aromatic nitrogens is 2. The van der Waals surface area contributed by atoms with Crippen LogP contribution < -0.4 is 5.32 Å². The third-order valence-electron chi connectivity index (χ3n) is 3.25. The molecule has 0 radical (unpaired) electrons. The lowest BCUT2D eigenvalue weighted by Gasteiger charge is -2.06. The van der Waals surface area contributed by atoms with Gasteiger partial charge in [-0.2, -0.15) is 0 Å². The lowest BCUT2D eigenvalue weighted by molar-refractivity contribution is 0.589. The molecule has 8 heteroatoms. The molecule has 2 aromatic heterocycles. The summed E-state index contributed by atoms with van der Waals surface area (Å²) in [5, 5.41) is 13.4. The second kappa shape index (κ2) is 7.29. The molecule has 0 unspecified atom stereocenters. The minimum absolute atomic E-state index is 0.0425. The number of thiophene rings is 1. The predicted octanol–water partition coefficient (Wildman–Crippen LogP) is 3.78. The topological polar surface area (TPSA) is 72.0 Å². The maximum absolute atomic E-state index is 12.4. The van der Waals surface area contributed by atoms with Crippen molar-refractivity contribution in [3.63, 3.8) is 0 Å². The molecule has 0 saturated heterocycles. The van der Waals surface area contributed by atoms with Crippen molar-refractivity contribution < 1.29 is 8.42 Å². The summed E-state index contributed by atoms with van der Waals surface area (Å²) < 4.78 is 24.8. The molecule has 3 aromatic rings. The Morgan fingerprint density at radius 1 is 1.04 bits per heavy atom. The largest absolute Gasteiger partial charge is 0.364 e. The summed E-state index contributed by atoms with van der Waals surface area (Å²) in [6.45, 7) is 0.628. The minimum atomic E-state index is -3.54. The number of halogens is 1. The van der Waals surface area contributed by atoms with Crippen LogP contribution in [0.3, 0.4) is 0 Å². The molecule has 0 spiro atoms. The molecule has 0 aliphatic heterocycles. The zero-order valence-electron chi connectivity index (χ0n) is 12.5. The van der Waals surface area contributed by atoms with Crippen molar-refractivity contribution in [2.24, 2.45) is 0 Å². The zero-order chi connectivity index (χ0) is 17.0. The zero-order valence-corrected chi connectivity index (χ0v) is 14.9. The normalized spacial score (nSPS) is 11.4. The van der Waals surface area contributed by atoms with Crippen molar-refractivity contribution in [1.82, 2.24) is 10.2 Å². The van der Waals surface area contributed by atoms with Crippen LogP contribution >= 0.6 is 22.9 Å². The molecule has 0 aliphatic rings. The van der Waals surface area contributed by atoms with Gasteiger partial charge in [-0.15, -0.1) is 21.5 Å². The van der Waals surface area contributed by atoms with Crippen molar-refractivity contribution in [2.45, 2.75) is 17.3 Å². The lowest BCUT2D eigenvalue weighted by atomic mass is 10.2. The summed E-state index contributed by atoms with van der Waals surface area (Å²) in [6.07, 6.45) is 0. The van der Waals surface area contributed by atoms with Crippen LogP contribution in [0.15, 0.2) is 58.9 Å². The summed E-state index contributed by atoms with van der Waals surface area (Å²) in [5.41, 5.74) is 0.654. The molecule has 0 atom stereocenters. The molecule has 0 bridgehead atoms. The van der Waals surface area contributed by atoms with Gasteiger partial charge in [0.25, 0.3) is 0 Å². The van der Waals surface area contributed by atoms with Crippen molar-refractivity contribution in [3.05, 3.63) is 69.4 Å². The van der Waals surface area contributed by atoms with Gasteiger partial charge in [0.1, 0.15) is 5.82 Å². The van der Waals surface area contributed by atoms with Crippen molar-refractivity contribution >= 4 is 38.6 Å². The monoisotopic (exact) mass is 379 g/mol. The van der Waals surface area contributed by atoms with Crippen LogP contribution in [0.4, 0.5) is 5.82 Å². The summed E-state index contributed by atoms with van der Waals surface area (Å²) >= 11 is 7.44. The van der Waals surface area contributed by atoms with E-state index in [1.807, 2.05) is 17.5 Å². The molecule has 24 heavy (non-hydrogen) atoms. The van der Waals surface area contributed by atoms with Gasteiger partial charge in [-0.05, 0) is 41.3 Å². The second-order valence-electron chi connectivity index (χ2n) is 5.08. The first-order valence-electron chi connectivity index (χ1n) is 7.10. The Balaban J connectivity index is 1.68. The van der Waals surface area contributed by atoms with Crippen LogP contribution in [0, 0.1) is 0 Å². The second-order valence-corrected chi connectivity index (χ2v) is 8.48. The quantitative estimate of drug-likeness (QED) is 0.705. The van der Waals surface area contributed by atoms with E-state index in [9.17, 15) is 8.42 Å². The van der Waals surface area contributed by atoms with Gasteiger partial charge in [0, 0.05) is 9.90 Å². The molecule has 0 fully saturated rings. The molecule has 2 heterocycles. The van der Waals surface area contributed by atoms with E-state index in [0.29, 0.717) is 22.9 Å². The first kappa shape index (κ1) is 16.9. The number of hydrogen-bond donors (Lipinski definition) is 1. The summed E-state index contributed by atoms with van der Waals surface area (Å²) in [5.74, 6) is 0.398. The van der Waals surface area contributed by atoms with Crippen molar-refractivity contribution in [2.75, 3.05) is 5.32 Å². The SMILES string of the molecule is O=S(=O)(Cc1ccc(Cl)cc1)c1ccc(NCc2cccs2)nn1. The van der Waals surface area contributed by atoms with E-state index in [1.165, 1.54) is 6.07 Å². The van der Waals surface area contributed by atoms with Gasteiger partial charge in [-0.3, -0.25) is 0 Å². The van der Waals surface area contributed by atoms with Crippen LogP contribution in [0.1, 0.15) is 10.4 Å². The number of sulfone groups is 1. The van der Waals surface area contributed by atoms with Crippen LogP contribution in [0.2, 0.25) is 5.02 Å². The highest BCUT2D eigenvalue weighted by Crippen LogP contribution is 2.17. The van der Waals surface area contributed by atoms with Crippen molar-refractivity contribution in [3.8, 4) is 0 Å². The average molecular weight is 380 g/mol. The van der Waals surface area contributed by atoms with Gasteiger partial charge >= 0.3 is 0 Å². The minimum Gasteiger partial charge on any atom is -0.364 e. The fourth-order valence-electron chi connectivity index (χ4n) is 2.05. The van der Waals surface area contributed by atoms with Crippen LogP contribution in [0.5, 0.6) is 0 Å². The third-order valence-corrected chi connectivity index (χ3v) is 5.95. The molecule has 124 valence electrons. The van der Waals surface area contributed by atoms with Gasteiger partial charge < -0.3 is 5.32 Å². The summed E-state index contributed by atoms with van der Waals surface area (Å²) in [4.78, 5) is 1.16. The number of benzene rings is 1. The van der Waals surface area contributed by atoms with Crippen LogP contribution in [-0.2, 0) is 22.1 Å². The molecule has 0 saturated carbocycles. The fourth-order valence-corrected chi connectivity index (χ4v) is 4.04. The molecule has 0 amide bonds. The third kappa shape index (κ3) is 4.31. The van der Waals surface area contributed by atoms with Crippen molar-refractivity contribution in [1.29, 1.82) is 0 Å². The number of anilines is 1. The molecule has 5 nitrogen and oxygen atoms in total. The molecule has 1 N–H and O–H groups in total. The van der Waals surface area contributed by atoms with E-state index < -0.39 is 9.84 Å². The van der Waals surface area contributed by atoms with Crippen LogP contribution in [0.25, 0.3) is 0 Å². The first-order valence-corrected chi connectivity index (χ1v) is 10.0. The highest BCUT2D eigenvalue weighted by atomic mass is 35.5. The number of nitrogens with one attached hydrogen (secondary N) is 1. The Bertz CT molecular complexity index is 894. The van der Waals surface area contributed by atoms with Gasteiger partial charge in [0.15, 0.2) is 5.03 Å². The fraction of sp³-hybridized carbons (Fsp3) is 0.125. The number of rotatable bonds is 6. The van der Waals surface area contributed by atoms with Gasteiger partial charge in [-0.1, -0.05) is 29.8 Å². The van der Waals surface area contributed by atoms with E-state index in [4.69, 9.17) is 11.6 Å². The van der Waals surface area contributed by atoms with E-state index >= 15 is 0 Å². The van der Waals surface area contributed by atoms with E-state index in [0.717, 1.165) is 4.88 Å². The average Bonchev–Trinajstić information content (AvgIpc) is 3.09. The first-order chi connectivity index (χ1) is 11.5. The maximum Gasteiger partial charge on any atom is 0.201 e. The van der Waals surface area contributed by atoms with E-state index in [2.05, 4.69) is 15.5 Å². The number of nitrogens with zero attached hydrogens (tertiary/aromatic N) is 2. The molecular weight excluding hydrogens is 366 g/mol. The smallest absolute Gasteiger partial charge is 0.201 e. The van der Waals surface area contributed by atoms with Crippen LogP contribution in [-0.4, -0.2) is 18.6 Å². The Hall–Kier alpha value is -1.96. The van der Waals surface area contributed by atoms with Gasteiger partial charge in [0.05, 0.1) is 12.3 Å². The highest BCUT2D eigenvalue weighted by molar-refractivity contribution is 7.90. The van der Waals surface area contributed by atoms with Gasteiger partial charge in [0.2, 0.25) is 9.84 Å². The lowest BCUT2D eigenvalue weighted by Crippen LogP contribution is -2.09. The Morgan fingerprint density at radius 3 is 2.46 bits per heavy atom.